The van der Waals surface area contributed by atoms with Crippen LogP contribution in [0.1, 0.15) is 73.3 Å². The Bertz CT molecular complexity index is 2770. The van der Waals surface area contributed by atoms with Crippen LogP contribution >= 0.6 is 11.3 Å². The predicted octanol–water partition coefficient (Wildman–Crippen LogP) is 4.26. The summed E-state index contributed by atoms with van der Waals surface area (Å²) in [6, 6.07) is 9.48. The van der Waals surface area contributed by atoms with Gasteiger partial charge in [-0.05, 0) is 70.5 Å². The molecular formula is C42H49N11O8S. The van der Waals surface area contributed by atoms with Crippen molar-refractivity contribution in [2.45, 2.75) is 60.3 Å². The number of carbonyl (C=O) groups is 4. The average molecular weight is 868 g/mol. The fraction of sp³-hybridized carbons (Fsp3) is 0.381. The summed E-state index contributed by atoms with van der Waals surface area (Å²) in [5.41, 5.74) is 9.47. The number of ether oxygens (including phenoxy) is 3. The molecule has 7 rings (SSSR count). The van der Waals surface area contributed by atoms with Crippen LogP contribution in [-0.4, -0.2) is 114 Å². The van der Waals surface area contributed by atoms with E-state index < -0.39 is 23.7 Å². The van der Waals surface area contributed by atoms with Crippen molar-refractivity contribution in [1.29, 1.82) is 0 Å². The van der Waals surface area contributed by atoms with E-state index in [2.05, 4.69) is 25.4 Å². The van der Waals surface area contributed by atoms with Crippen LogP contribution < -0.4 is 25.3 Å². The summed E-state index contributed by atoms with van der Waals surface area (Å²) in [5.74, 6) is -1.88. The number of aryl methyl sites for hydroxylation is 4. The number of imidazole rings is 1. The molecule has 2 aromatic carbocycles. The van der Waals surface area contributed by atoms with E-state index in [-0.39, 0.29) is 30.2 Å². The highest BCUT2D eigenvalue weighted by molar-refractivity contribution is 7.16. The number of aromatic nitrogens is 7. The zero-order valence-electron chi connectivity index (χ0n) is 35.2. The summed E-state index contributed by atoms with van der Waals surface area (Å²) in [5, 5.41) is 21.6. The highest BCUT2D eigenvalue weighted by Gasteiger charge is 2.23. The number of allylic oxidation sites excluding steroid dienone is 2. The van der Waals surface area contributed by atoms with Gasteiger partial charge in [0.1, 0.15) is 33.9 Å². The number of nitrogens with two attached hydrogens (primary N) is 1. The number of rotatable bonds is 17. The summed E-state index contributed by atoms with van der Waals surface area (Å²) in [6.45, 7) is 12.8. The molecule has 1 aliphatic heterocycles. The molecule has 3 amide bonds. The molecule has 1 aliphatic rings. The zero-order valence-corrected chi connectivity index (χ0v) is 36.0. The van der Waals surface area contributed by atoms with Crippen LogP contribution in [0.3, 0.4) is 0 Å². The van der Waals surface area contributed by atoms with E-state index in [1.54, 1.807) is 49.7 Å². The van der Waals surface area contributed by atoms with Crippen molar-refractivity contribution in [3.05, 3.63) is 87.3 Å². The van der Waals surface area contributed by atoms with Gasteiger partial charge in [-0.15, -0.1) is 0 Å². The molecule has 4 N–H and O–H groups in total. The number of methoxy groups -OCH3 is 1. The maximum atomic E-state index is 13.8. The summed E-state index contributed by atoms with van der Waals surface area (Å²) in [7, 11) is 1.45. The lowest BCUT2D eigenvalue weighted by atomic mass is 10.1. The Morgan fingerprint density at radius 3 is 2.23 bits per heavy atom. The van der Waals surface area contributed by atoms with E-state index in [4.69, 9.17) is 24.9 Å². The first-order valence-corrected chi connectivity index (χ1v) is 21.1. The van der Waals surface area contributed by atoms with E-state index in [0.29, 0.717) is 99.7 Å². The van der Waals surface area contributed by atoms with E-state index in [1.165, 1.54) is 19.2 Å². The topological polar surface area (TPSA) is 228 Å². The van der Waals surface area contributed by atoms with Gasteiger partial charge in [-0.3, -0.25) is 34.0 Å². The Morgan fingerprint density at radius 1 is 0.903 bits per heavy atom. The predicted molar refractivity (Wildman–Crippen MR) is 231 cm³/mol. The first-order valence-electron chi connectivity index (χ1n) is 20.2. The van der Waals surface area contributed by atoms with Crippen LogP contribution in [0.5, 0.6) is 11.5 Å². The van der Waals surface area contributed by atoms with E-state index >= 15 is 0 Å². The second-order valence-electron chi connectivity index (χ2n) is 14.5. The Labute approximate surface area is 360 Å². The maximum Gasteiger partial charge on any atom is 0.335 e. The zero-order chi connectivity index (χ0) is 44.1. The number of nitrogens with zero attached hydrogens (tertiary/aromatic N) is 9. The fourth-order valence-corrected chi connectivity index (χ4v) is 8.45. The number of benzene rings is 2. The third-order valence-electron chi connectivity index (χ3n) is 10.3. The number of thiazole rings is 1. The molecular weight excluding hydrogens is 819 g/mol. The van der Waals surface area contributed by atoms with Crippen molar-refractivity contribution in [2.75, 3.05) is 51.9 Å². The molecule has 4 aromatic heterocycles. The Balaban J connectivity index is 1.27. The average Bonchev–Trinajstić information content (AvgIpc) is 4.03. The van der Waals surface area contributed by atoms with Gasteiger partial charge in [-0.1, -0.05) is 23.5 Å². The van der Waals surface area contributed by atoms with Crippen molar-refractivity contribution >= 4 is 62.2 Å². The highest BCUT2D eigenvalue weighted by atomic mass is 32.1. The molecule has 1 fully saturated rings. The van der Waals surface area contributed by atoms with Crippen LogP contribution in [0.25, 0.3) is 21.3 Å². The number of hydrogen-bond donors (Lipinski definition) is 3. The minimum Gasteiger partial charge on any atom is -0.494 e. The van der Waals surface area contributed by atoms with Gasteiger partial charge in [0.2, 0.25) is 11.9 Å². The molecule has 0 spiro atoms. The summed E-state index contributed by atoms with van der Waals surface area (Å²) in [4.78, 5) is 63.9. The molecule has 19 nitrogen and oxygen atoms in total. The third kappa shape index (κ3) is 9.31. The minimum absolute atomic E-state index is 0.0215. The lowest BCUT2D eigenvalue weighted by Crippen LogP contribution is -2.37. The lowest BCUT2D eigenvalue weighted by molar-refractivity contribution is 0.0358. The lowest BCUT2D eigenvalue weighted by Gasteiger charge is -2.26. The summed E-state index contributed by atoms with van der Waals surface area (Å²) < 4.78 is 24.8. The monoisotopic (exact) mass is 867 g/mol. The number of nitrogens with one attached hydrogen (secondary N) is 1. The van der Waals surface area contributed by atoms with Crippen molar-refractivity contribution in [3.8, 4) is 11.5 Å². The summed E-state index contributed by atoms with van der Waals surface area (Å²) >= 11 is 1.16. The van der Waals surface area contributed by atoms with E-state index in [9.17, 15) is 24.3 Å². The second-order valence-corrected chi connectivity index (χ2v) is 15.6. The number of anilines is 1. The van der Waals surface area contributed by atoms with Gasteiger partial charge in [0, 0.05) is 51.4 Å². The van der Waals surface area contributed by atoms with Crippen molar-refractivity contribution in [1.82, 2.24) is 38.6 Å². The Hall–Kier alpha value is -6.64. The van der Waals surface area contributed by atoms with Crippen LogP contribution in [0.4, 0.5) is 5.95 Å². The molecule has 62 heavy (non-hydrogen) atoms. The molecule has 0 atom stereocenters. The summed E-state index contributed by atoms with van der Waals surface area (Å²) in [6.07, 6.45) is 4.42. The molecule has 0 aliphatic carbocycles. The first kappa shape index (κ1) is 43.4. The number of carbonyl (C=O) groups excluding carboxylic acids is 3. The molecule has 0 saturated carbocycles. The fourth-order valence-electron chi connectivity index (χ4n) is 7.36. The van der Waals surface area contributed by atoms with Crippen molar-refractivity contribution in [2.24, 2.45) is 10.7 Å². The van der Waals surface area contributed by atoms with Gasteiger partial charge in [0.05, 0.1) is 54.1 Å². The van der Waals surface area contributed by atoms with Crippen molar-refractivity contribution < 1.29 is 38.5 Å². The molecule has 326 valence electrons. The third-order valence-corrected chi connectivity index (χ3v) is 11.3. The number of primary amides is 1. The number of amides is 3. The standard InChI is InChI=1S/C42H49N11O8S/c1-6-52-30(19-25(3)47-52)38(55)45-41-44-29-21-27(37(43)54)22-33(61-16-10-11-49-14-17-60-18-15-49)35(29)50(41)12-8-9-13-51-36-32(59-5)23-28(40(57)58)24-34(36)62-42(51)46-39(56)31-20-26(4)48-53(31)7-2/h8-9,19-24H,6-7,10-18H2,1-5H3,(H2,43,54)(H,57,58)(H,44,45,55)/b9-8+,46-42?. The number of carboxylic acid groups (broad SMARTS) is 1. The van der Waals surface area contributed by atoms with Gasteiger partial charge < -0.3 is 34.2 Å². The van der Waals surface area contributed by atoms with Gasteiger partial charge >= 0.3 is 5.97 Å². The number of morpholine rings is 1. The molecule has 5 heterocycles. The van der Waals surface area contributed by atoms with Gasteiger partial charge in [-0.2, -0.15) is 15.2 Å². The van der Waals surface area contributed by atoms with Crippen LogP contribution in [-0.2, 0) is 30.9 Å². The Kier molecular flexibility index (Phi) is 13.3. The maximum absolute atomic E-state index is 13.8. The second kappa shape index (κ2) is 19.0. The number of hydrogen-bond acceptors (Lipinski definition) is 12. The first-order chi connectivity index (χ1) is 29.9. The van der Waals surface area contributed by atoms with Crippen LogP contribution in [0, 0.1) is 13.8 Å². The minimum atomic E-state index is -1.13. The number of carboxylic acids is 1. The normalized spacial score (nSPS) is 13.7. The molecule has 6 aromatic rings. The quantitative estimate of drug-likeness (QED) is 0.0864. The molecule has 0 unspecified atom stereocenters. The number of fused-ring (bicyclic) bond motifs is 2. The van der Waals surface area contributed by atoms with Crippen LogP contribution in [0.15, 0.2) is 53.5 Å². The molecule has 1 saturated heterocycles. The van der Waals surface area contributed by atoms with E-state index in [1.807, 2.05) is 32.9 Å². The number of aromatic carboxylic acids is 1. The molecule has 0 radical (unpaired) electrons. The van der Waals surface area contributed by atoms with E-state index in [0.717, 1.165) is 31.0 Å². The largest absolute Gasteiger partial charge is 0.494 e. The van der Waals surface area contributed by atoms with Crippen LogP contribution in [0.2, 0.25) is 0 Å². The SMILES string of the molecule is CCn1nc(C)cc1C(=O)N=c1sc2cc(C(=O)O)cc(OC)c2n1C/C=C/Cn1c(NC(=O)c2cc(C)nn2CC)nc2cc(C(N)=O)cc(OCCCN3CCOCC3)c21. The molecule has 0 bridgehead atoms. The van der Waals surface area contributed by atoms with Gasteiger partial charge in [-0.25, -0.2) is 9.78 Å². The van der Waals surface area contributed by atoms with Crippen molar-refractivity contribution in [3.63, 3.8) is 0 Å². The Morgan fingerprint density at radius 2 is 1.56 bits per heavy atom. The van der Waals surface area contributed by atoms with Gasteiger partial charge in [0.15, 0.2) is 4.80 Å². The molecule has 20 heteroatoms. The smallest absolute Gasteiger partial charge is 0.335 e. The highest BCUT2D eigenvalue weighted by Crippen LogP contribution is 2.33. The van der Waals surface area contributed by atoms with Gasteiger partial charge in [0.25, 0.3) is 11.8 Å².